The summed E-state index contributed by atoms with van der Waals surface area (Å²) in [6.07, 6.45) is 8.71. The van der Waals surface area contributed by atoms with Gasteiger partial charge in [0.2, 0.25) is 0 Å². The number of para-hydroxylation sites is 2. The van der Waals surface area contributed by atoms with Crippen LogP contribution in [0.3, 0.4) is 0 Å². The molecule has 2 aromatic carbocycles. The summed E-state index contributed by atoms with van der Waals surface area (Å²) < 4.78 is 1.98. The number of hydrogen-bond donors (Lipinski definition) is 1. The van der Waals surface area contributed by atoms with Gasteiger partial charge in [-0.25, -0.2) is 4.99 Å². The van der Waals surface area contributed by atoms with E-state index in [1.165, 1.54) is 22.7 Å². The fourth-order valence-electron chi connectivity index (χ4n) is 3.73. The highest BCUT2D eigenvalue weighted by Crippen LogP contribution is 2.34. The molecule has 4 aromatic rings. The zero-order valence-corrected chi connectivity index (χ0v) is 18.0. The SMILES string of the molecule is Cn1ccc(/C=C2/SC(=Nc3ccccc3)N(CCc3c[nH]c4ccccc34)C2=O)c1. The molecular weight excluding hydrogens is 404 g/mol. The second-order valence-electron chi connectivity index (χ2n) is 7.52. The first-order valence-electron chi connectivity index (χ1n) is 10.2. The van der Waals surface area contributed by atoms with Crippen LogP contribution in [0.2, 0.25) is 0 Å². The average molecular weight is 427 g/mol. The molecule has 154 valence electrons. The highest BCUT2D eigenvalue weighted by Gasteiger charge is 2.33. The van der Waals surface area contributed by atoms with Crippen LogP contribution in [-0.4, -0.2) is 32.1 Å². The van der Waals surface area contributed by atoms with E-state index >= 15 is 0 Å². The highest BCUT2D eigenvalue weighted by atomic mass is 32.2. The number of amides is 1. The molecule has 1 aliphatic rings. The zero-order valence-electron chi connectivity index (χ0n) is 17.2. The van der Waals surface area contributed by atoms with Gasteiger partial charge in [0.05, 0.1) is 10.6 Å². The van der Waals surface area contributed by atoms with Crippen molar-refractivity contribution < 1.29 is 4.79 Å². The standard InChI is InChI=1S/C25H22N4OS/c1-28-13-11-18(17-28)15-23-24(30)29(25(31-23)27-20-7-3-2-4-8-20)14-12-19-16-26-22-10-6-5-9-21(19)22/h2-11,13,15-17,26H,12,14H2,1H3/b23-15+,27-25?. The van der Waals surface area contributed by atoms with Gasteiger partial charge in [0.15, 0.2) is 5.17 Å². The van der Waals surface area contributed by atoms with Crippen LogP contribution in [0.5, 0.6) is 0 Å². The maximum Gasteiger partial charge on any atom is 0.266 e. The number of aromatic nitrogens is 2. The number of aliphatic imine (C=N–C) groups is 1. The van der Waals surface area contributed by atoms with E-state index in [0.717, 1.165) is 28.4 Å². The quantitative estimate of drug-likeness (QED) is 0.437. The maximum atomic E-state index is 13.3. The van der Waals surface area contributed by atoms with Crippen molar-refractivity contribution in [3.8, 4) is 0 Å². The Morgan fingerprint density at radius 1 is 1.06 bits per heavy atom. The van der Waals surface area contributed by atoms with E-state index in [2.05, 4.69) is 17.1 Å². The Hall–Kier alpha value is -3.51. The third-order valence-corrected chi connectivity index (χ3v) is 6.31. The molecule has 5 rings (SSSR count). The maximum absolute atomic E-state index is 13.3. The Bertz CT molecular complexity index is 1300. The number of fused-ring (bicyclic) bond motifs is 1. The molecular formula is C25H22N4OS. The number of hydrogen-bond acceptors (Lipinski definition) is 3. The van der Waals surface area contributed by atoms with E-state index < -0.39 is 0 Å². The summed E-state index contributed by atoms with van der Waals surface area (Å²) in [4.78, 5) is 23.9. The van der Waals surface area contributed by atoms with Crippen LogP contribution < -0.4 is 0 Å². The van der Waals surface area contributed by atoms with Crippen molar-refractivity contribution in [2.24, 2.45) is 12.0 Å². The molecule has 0 saturated carbocycles. The van der Waals surface area contributed by atoms with Gasteiger partial charge in [0.1, 0.15) is 0 Å². The fraction of sp³-hybridized carbons (Fsp3) is 0.120. The minimum atomic E-state index is 0.00313. The van der Waals surface area contributed by atoms with Crippen LogP contribution in [0.4, 0.5) is 5.69 Å². The van der Waals surface area contributed by atoms with Gasteiger partial charge in [-0.15, -0.1) is 0 Å². The number of nitrogens with zero attached hydrogens (tertiary/aromatic N) is 3. The Morgan fingerprint density at radius 2 is 1.87 bits per heavy atom. The third kappa shape index (κ3) is 4.07. The Morgan fingerprint density at radius 3 is 2.68 bits per heavy atom. The number of carbonyl (C=O) groups excluding carboxylic acids is 1. The van der Waals surface area contributed by atoms with Gasteiger partial charge < -0.3 is 9.55 Å². The second kappa shape index (κ2) is 8.32. The summed E-state index contributed by atoms with van der Waals surface area (Å²) in [5, 5.41) is 1.92. The van der Waals surface area contributed by atoms with E-state index in [-0.39, 0.29) is 5.91 Å². The van der Waals surface area contributed by atoms with Crippen molar-refractivity contribution in [2.45, 2.75) is 6.42 Å². The van der Waals surface area contributed by atoms with Crippen LogP contribution in [0.15, 0.2) is 89.2 Å². The Balaban J connectivity index is 1.45. The van der Waals surface area contributed by atoms with E-state index in [4.69, 9.17) is 4.99 Å². The number of nitrogens with one attached hydrogen (secondary N) is 1. The lowest BCUT2D eigenvalue weighted by atomic mass is 10.1. The highest BCUT2D eigenvalue weighted by molar-refractivity contribution is 8.18. The molecule has 31 heavy (non-hydrogen) atoms. The number of H-pyrrole nitrogens is 1. The zero-order chi connectivity index (χ0) is 21.2. The smallest absolute Gasteiger partial charge is 0.266 e. The molecule has 3 heterocycles. The summed E-state index contributed by atoms with van der Waals surface area (Å²) in [6, 6.07) is 20.0. The third-order valence-electron chi connectivity index (χ3n) is 5.30. The minimum absolute atomic E-state index is 0.00313. The first kappa shape index (κ1) is 19.5. The van der Waals surface area contributed by atoms with Crippen molar-refractivity contribution in [3.05, 3.63) is 95.3 Å². The monoisotopic (exact) mass is 426 g/mol. The van der Waals surface area contributed by atoms with Crippen LogP contribution in [-0.2, 0) is 18.3 Å². The molecule has 0 radical (unpaired) electrons. The van der Waals surface area contributed by atoms with Crippen LogP contribution in [0, 0.1) is 0 Å². The normalized spacial score (nSPS) is 16.8. The van der Waals surface area contributed by atoms with Crippen LogP contribution in [0.1, 0.15) is 11.1 Å². The van der Waals surface area contributed by atoms with Crippen LogP contribution in [0.25, 0.3) is 17.0 Å². The topological polar surface area (TPSA) is 53.4 Å². The van der Waals surface area contributed by atoms with Crippen molar-refractivity contribution in [1.29, 1.82) is 0 Å². The molecule has 1 aliphatic heterocycles. The number of aromatic amines is 1. The largest absolute Gasteiger partial charge is 0.361 e. The van der Waals surface area contributed by atoms with Crippen molar-refractivity contribution in [3.63, 3.8) is 0 Å². The molecule has 6 heteroatoms. The minimum Gasteiger partial charge on any atom is -0.361 e. The predicted octanol–water partition coefficient (Wildman–Crippen LogP) is 5.35. The molecule has 5 nitrogen and oxygen atoms in total. The molecule has 0 aliphatic carbocycles. The van der Waals surface area contributed by atoms with Gasteiger partial charge in [-0.2, -0.15) is 0 Å². The van der Waals surface area contributed by atoms with E-state index in [9.17, 15) is 4.79 Å². The van der Waals surface area contributed by atoms with Gasteiger partial charge in [-0.3, -0.25) is 9.69 Å². The summed E-state index contributed by atoms with van der Waals surface area (Å²) in [7, 11) is 1.97. The molecule has 0 atom stereocenters. The van der Waals surface area contributed by atoms with E-state index in [1.807, 2.05) is 84.8 Å². The van der Waals surface area contributed by atoms with Crippen LogP contribution >= 0.6 is 11.8 Å². The molecule has 2 aromatic heterocycles. The van der Waals surface area contributed by atoms with Gasteiger partial charge in [0.25, 0.3) is 5.91 Å². The summed E-state index contributed by atoms with van der Waals surface area (Å²) >= 11 is 1.44. The van der Waals surface area contributed by atoms with Crippen molar-refractivity contribution >= 4 is 45.5 Å². The molecule has 1 saturated heterocycles. The van der Waals surface area contributed by atoms with E-state index in [1.54, 1.807) is 4.90 Å². The lowest BCUT2D eigenvalue weighted by molar-refractivity contribution is -0.122. The molecule has 0 unspecified atom stereocenters. The molecule has 0 bridgehead atoms. The lowest BCUT2D eigenvalue weighted by Gasteiger charge is -2.15. The molecule has 1 fully saturated rings. The van der Waals surface area contributed by atoms with Gasteiger partial charge in [-0.1, -0.05) is 36.4 Å². The predicted molar refractivity (Wildman–Crippen MR) is 128 cm³/mol. The lowest BCUT2D eigenvalue weighted by Crippen LogP contribution is -2.31. The summed E-state index contributed by atoms with van der Waals surface area (Å²) in [5.74, 6) is 0.00313. The van der Waals surface area contributed by atoms with Crippen molar-refractivity contribution in [2.75, 3.05) is 6.54 Å². The number of rotatable bonds is 5. The van der Waals surface area contributed by atoms with Gasteiger partial charge in [0, 0.05) is 43.1 Å². The number of aryl methyl sites for hydroxylation is 1. The van der Waals surface area contributed by atoms with Crippen molar-refractivity contribution in [1.82, 2.24) is 14.5 Å². The average Bonchev–Trinajstić information content (AvgIpc) is 3.46. The second-order valence-corrected chi connectivity index (χ2v) is 8.53. The summed E-state index contributed by atoms with van der Waals surface area (Å²) in [5.41, 5.74) is 4.17. The van der Waals surface area contributed by atoms with Gasteiger partial charge >= 0.3 is 0 Å². The number of amidine groups is 1. The number of benzene rings is 2. The molecule has 1 amide bonds. The van der Waals surface area contributed by atoms with E-state index in [0.29, 0.717) is 11.4 Å². The molecule has 0 spiro atoms. The first-order valence-corrected chi connectivity index (χ1v) is 11.0. The number of carbonyl (C=O) groups is 1. The number of thioether (sulfide) groups is 1. The van der Waals surface area contributed by atoms with Gasteiger partial charge in [-0.05, 0) is 59.7 Å². The first-order chi connectivity index (χ1) is 15.2. The summed E-state index contributed by atoms with van der Waals surface area (Å²) in [6.45, 7) is 0.575. The Labute approximate surface area is 185 Å². The fourth-order valence-corrected chi connectivity index (χ4v) is 4.76. The molecule has 1 N–H and O–H groups in total. The Kier molecular flexibility index (Phi) is 5.22.